The summed E-state index contributed by atoms with van der Waals surface area (Å²) in [6, 6.07) is 6.53. The Balaban J connectivity index is 1.32. The molecular weight excluding hydrogens is 436 g/mol. The molecule has 1 amide bonds. The highest BCUT2D eigenvalue weighted by atomic mass is 35.5. The number of benzene rings is 1. The minimum atomic E-state index is 0.0511. The number of aromatic nitrogens is 2. The predicted octanol–water partition coefficient (Wildman–Crippen LogP) is 4.71. The van der Waals surface area contributed by atoms with Gasteiger partial charge in [0.05, 0.1) is 12.1 Å². The van der Waals surface area contributed by atoms with Crippen LogP contribution in [0, 0.1) is 6.92 Å². The van der Waals surface area contributed by atoms with Gasteiger partial charge >= 0.3 is 0 Å². The monoisotopic (exact) mass is 470 g/mol. The molecule has 0 bridgehead atoms. The molecule has 2 fully saturated rings. The Morgan fingerprint density at radius 3 is 2.55 bits per heavy atom. The SMILES string of the molecule is COc1ccc(CCCc2ncnc(C(=O)N3CCC(N4CCCCC4)CC3)c2C)cc1Cl. The third-order valence-electron chi connectivity index (χ3n) is 7.15. The summed E-state index contributed by atoms with van der Waals surface area (Å²) >= 11 is 6.24. The second kappa shape index (κ2) is 11.3. The van der Waals surface area contributed by atoms with Crippen molar-refractivity contribution >= 4 is 17.5 Å². The first-order chi connectivity index (χ1) is 16.1. The van der Waals surface area contributed by atoms with E-state index < -0.39 is 0 Å². The van der Waals surface area contributed by atoms with Crippen LogP contribution in [0.25, 0.3) is 0 Å². The van der Waals surface area contributed by atoms with E-state index in [0.29, 0.717) is 22.5 Å². The number of rotatable bonds is 7. The third-order valence-corrected chi connectivity index (χ3v) is 7.44. The van der Waals surface area contributed by atoms with Gasteiger partial charge in [-0.05, 0) is 82.7 Å². The number of carbonyl (C=O) groups excluding carboxylic acids is 1. The summed E-state index contributed by atoms with van der Waals surface area (Å²) in [5, 5.41) is 0.630. The number of amides is 1. The number of hydrogen-bond donors (Lipinski definition) is 0. The first-order valence-electron chi connectivity index (χ1n) is 12.2. The summed E-state index contributed by atoms with van der Waals surface area (Å²) in [6.45, 7) is 6.05. The van der Waals surface area contributed by atoms with Gasteiger partial charge in [-0.25, -0.2) is 9.97 Å². The zero-order valence-electron chi connectivity index (χ0n) is 19.9. The molecular formula is C26H35ClN4O2. The van der Waals surface area contributed by atoms with Crippen molar-refractivity contribution in [3.63, 3.8) is 0 Å². The number of likely N-dealkylation sites (tertiary alicyclic amines) is 2. The molecule has 0 saturated carbocycles. The van der Waals surface area contributed by atoms with Crippen molar-refractivity contribution in [2.45, 2.75) is 64.3 Å². The van der Waals surface area contributed by atoms with Crippen LogP contribution in [0.4, 0.5) is 0 Å². The Hall–Kier alpha value is -2.18. The van der Waals surface area contributed by atoms with Crippen LogP contribution in [0.3, 0.4) is 0 Å². The van der Waals surface area contributed by atoms with Crippen LogP contribution >= 0.6 is 11.6 Å². The van der Waals surface area contributed by atoms with E-state index in [2.05, 4.69) is 14.9 Å². The largest absolute Gasteiger partial charge is 0.495 e. The predicted molar refractivity (Wildman–Crippen MR) is 131 cm³/mol. The molecule has 6 nitrogen and oxygen atoms in total. The van der Waals surface area contributed by atoms with E-state index in [9.17, 15) is 4.79 Å². The lowest BCUT2D eigenvalue weighted by molar-refractivity contribution is 0.0583. The first-order valence-corrected chi connectivity index (χ1v) is 12.6. The maximum atomic E-state index is 13.2. The Bertz CT molecular complexity index is 953. The molecule has 0 spiro atoms. The second-order valence-corrected chi connectivity index (χ2v) is 9.64. The molecule has 1 aromatic carbocycles. The molecule has 4 rings (SSSR count). The average molecular weight is 471 g/mol. The smallest absolute Gasteiger partial charge is 0.272 e. The Kier molecular flexibility index (Phi) is 8.20. The molecule has 0 radical (unpaired) electrons. The van der Waals surface area contributed by atoms with Gasteiger partial charge in [-0.2, -0.15) is 0 Å². The summed E-state index contributed by atoms with van der Waals surface area (Å²) < 4.78 is 5.22. The minimum Gasteiger partial charge on any atom is -0.495 e. The van der Waals surface area contributed by atoms with Gasteiger partial charge in [-0.15, -0.1) is 0 Å². The zero-order valence-corrected chi connectivity index (χ0v) is 20.6. The van der Waals surface area contributed by atoms with Gasteiger partial charge in [0.2, 0.25) is 0 Å². The highest BCUT2D eigenvalue weighted by molar-refractivity contribution is 6.32. The van der Waals surface area contributed by atoms with E-state index in [1.165, 1.54) is 37.9 Å². The van der Waals surface area contributed by atoms with Crippen LogP contribution in [0.2, 0.25) is 5.02 Å². The normalized spacial score (nSPS) is 17.8. The van der Waals surface area contributed by atoms with Gasteiger partial charge in [0.15, 0.2) is 0 Å². The lowest BCUT2D eigenvalue weighted by Gasteiger charge is -2.40. The van der Waals surface area contributed by atoms with Crippen LogP contribution in [0.15, 0.2) is 24.5 Å². The molecule has 2 saturated heterocycles. The lowest BCUT2D eigenvalue weighted by atomic mass is 9.99. The molecule has 0 aliphatic carbocycles. The highest BCUT2D eigenvalue weighted by Crippen LogP contribution is 2.26. The van der Waals surface area contributed by atoms with E-state index in [1.54, 1.807) is 13.4 Å². The molecule has 33 heavy (non-hydrogen) atoms. The van der Waals surface area contributed by atoms with Crippen molar-refractivity contribution in [3.8, 4) is 5.75 Å². The Morgan fingerprint density at radius 2 is 1.85 bits per heavy atom. The van der Waals surface area contributed by atoms with Gasteiger partial charge in [0.1, 0.15) is 17.8 Å². The lowest BCUT2D eigenvalue weighted by Crippen LogP contribution is -2.48. The van der Waals surface area contributed by atoms with Crippen molar-refractivity contribution in [1.82, 2.24) is 19.8 Å². The minimum absolute atomic E-state index is 0.0511. The standard InChI is InChI=1S/C26H35ClN4O2/c1-19-23(8-6-7-20-9-10-24(33-2)22(27)17-20)28-18-29-25(19)26(32)31-15-11-21(12-16-31)30-13-4-3-5-14-30/h9-10,17-18,21H,3-8,11-16H2,1-2H3. The molecule has 3 heterocycles. The van der Waals surface area contributed by atoms with Crippen molar-refractivity contribution in [3.05, 3.63) is 52.1 Å². The van der Waals surface area contributed by atoms with Crippen LogP contribution < -0.4 is 4.74 Å². The Morgan fingerprint density at radius 1 is 1.09 bits per heavy atom. The van der Waals surface area contributed by atoms with E-state index in [4.69, 9.17) is 16.3 Å². The van der Waals surface area contributed by atoms with Crippen molar-refractivity contribution in [1.29, 1.82) is 0 Å². The summed E-state index contributed by atoms with van der Waals surface area (Å²) in [5.41, 5.74) is 3.59. The number of methoxy groups -OCH3 is 1. The summed E-state index contributed by atoms with van der Waals surface area (Å²) in [5.74, 6) is 0.741. The number of aryl methyl sites for hydroxylation is 2. The number of piperidine rings is 2. The topological polar surface area (TPSA) is 58.6 Å². The third kappa shape index (κ3) is 5.85. The number of halogens is 1. The molecule has 0 unspecified atom stereocenters. The fraction of sp³-hybridized carbons (Fsp3) is 0.577. The van der Waals surface area contributed by atoms with Gasteiger partial charge in [-0.1, -0.05) is 24.1 Å². The van der Waals surface area contributed by atoms with Crippen molar-refractivity contribution < 1.29 is 9.53 Å². The van der Waals surface area contributed by atoms with E-state index >= 15 is 0 Å². The molecule has 1 aromatic heterocycles. The van der Waals surface area contributed by atoms with Gasteiger partial charge < -0.3 is 14.5 Å². The van der Waals surface area contributed by atoms with Crippen LogP contribution in [-0.4, -0.2) is 65.0 Å². The van der Waals surface area contributed by atoms with Crippen LogP contribution in [0.5, 0.6) is 5.75 Å². The van der Waals surface area contributed by atoms with Crippen LogP contribution in [-0.2, 0) is 12.8 Å². The Labute approximate surface area is 202 Å². The summed E-state index contributed by atoms with van der Waals surface area (Å²) in [6.07, 6.45) is 10.3. The maximum absolute atomic E-state index is 13.2. The molecule has 2 aliphatic heterocycles. The van der Waals surface area contributed by atoms with E-state index in [0.717, 1.165) is 56.5 Å². The number of hydrogen-bond acceptors (Lipinski definition) is 5. The number of nitrogens with zero attached hydrogens (tertiary/aromatic N) is 4. The fourth-order valence-electron chi connectivity index (χ4n) is 5.15. The van der Waals surface area contributed by atoms with Crippen LogP contribution in [0.1, 0.15) is 65.8 Å². The van der Waals surface area contributed by atoms with E-state index in [-0.39, 0.29) is 5.91 Å². The second-order valence-electron chi connectivity index (χ2n) is 9.24. The van der Waals surface area contributed by atoms with E-state index in [1.807, 2.05) is 30.0 Å². The molecule has 178 valence electrons. The zero-order chi connectivity index (χ0) is 23.2. The molecule has 2 aliphatic rings. The number of carbonyl (C=O) groups is 1. The average Bonchev–Trinajstić information content (AvgIpc) is 2.85. The van der Waals surface area contributed by atoms with Gasteiger partial charge in [0, 0.05) is 30.4 Å². The fourth-order valence-corrected chi connectivity index (χ4v) is 5.43. The molecule has 7 heteroatoms. The van der Waals surface area contributed by atoms with Crippen molar-refractivity contribution in [2.24, 2.45) is 0 Å². The van der Waals surface area contributed by atoms with Crippen molar-refractivity contribution in [2.75, 3.05) is 33.3 Å². The molecule has 0 atom stereocenters. The van der Waals surface area contributed by atoms with Gasteiger partial charge in [0.25, 0.3) is 5.91 Å². The molecule has 0 N–H and O–H groups in total. The first kappa shape index (κ1) is 24.0. The highest BCUT2D eigenvalue weighted by Gasteiger charge is 2.29. The maximum Gasteiger partial charge on any atom is 0.272 e. The molecule has 2 aromatic rings. The quantitative estimate of drug-likeness (QED) is 0.586. The summed E-state index contributed by atoms with van der Waals surface area (Å²) in [4.78, 5) is 26.7. The summed E-state index contributed by atoms with van der Waals surface area (Å²) in [7, 11) is 1.62. The number of ether oxygens (including phenoxy) is 1. The van der Waals surface area contributed by atoms with Gasteiger partial charge in [-0.3, -0.25) is 4.79 Å².